The van der Waals surface area contributed by atoms with Crippen LogP contribution in [0.1, 0.15) is 25.3 Å². The molecule has 0 radical (unpaired) electrons. The summed E-state index contributed by atoms with van der Waals surface area (Å²) in [4.78, 5) is 27.9. The first kappa shape index (κ1) is 16.7. The van der Waals surface area contributed by atoms with Gasteiger partial charge in [-0.05, 0) is 36.9 Å². The number of fused-ring (bicyclic) bond motifs is 1. The molecule has 6 nitrogen and oxygen atoms in total. The lowest BCUT2D eigenvalue weighted by Crippen LogP contribution is -2.53. The van der Waals surface area contributed by atoms with E-state index >= 15 is 0 Å². The molecule has 1 saturated carbocycles. The highest BCUT2D eigenvalue weighted by atomic mass is 16.4. The molecule has 3 rings (SSSR count). The van der Waals surface area contributed by atoms with Crippen LogP contribution in [0.2, 0.25) is 0 Å². The van der Waals surface area contributed by atoms with E-state index in [4.69, 9.17) is 5.11 Å². The number of H-pyrrole nitrogens is 1. The molecule has 1 heterocycles. The molecule has 1 aliphatic rings. The molecular weight excluding hydrogens is 306 g/mol. The van der Waals surface area contributed by atoms with Crippen molar-refractivity contribution in [3.63, 3.8) is 0 Å². The molecule has 0 bridgehead atoms. The molecule has 1 fully saturated rings. The summed E-state index contributed by atoms with van der Waals surface area (Å²) in [5.74, 6) is -0.782. The van der Waals surface area contributed by atoms with E-state index < -0.39 is 5.97 Å². The number of aromatic amines is 1. The Morgan fingerprint density at radius 3 is 2.83 bits per heavy atom. The standard InChI is InChI=1S/C18H23N3O3/c1-2-21(11-17(22)23)15-8-14(9-15)19-10-13-7-12-5-3-4-6-16(12)20-18(13)24/h3-7,14-15,19H,2,8-11H2,1H3,(H,20,24)(H,22,23). The number of hydrogen-bond acceptors (Lipinski definition) is 4. The molecular formula is C18H23N3O3. The number of carbonyl (C=O) groups is 1. The van der Waals surface area contributed by atoms with E-state index in [1.165, 1.54) is 0 Å². The summed E-state index contributed by atoms with van der Waals surface area (Å²) < 4.78 is 0. The first-order valence-corrected chi connectivity index (χ1v) is 8.37. The number of hydrogen-bond donors (Lipinski definition) is 3. The summed E-state index contributed by atoms with van der Waals surface area (Å²) in [6, 6.07) is 10.3. The van der Waals surface area contributed by atoms with E-state index in [1.807, 2.05) is 42.2 Å². The summed E-state index contributed by atoms with van der Waals surface area (Å²) in [5.41, 5.74) is 1.52. The van der Waals surface area contributed by atoms with Crippen molar-refractivity contribution in [2.24, 2.45) is 0 Å². The Labute approximate surface area is 140 Å². The van der Waals surface area contributed by atoms with Crippen molar-refractivity contribution in [1.29, 1.82) is 0 Å². The van der Waals surface area contributed by atoms with Gasteiger partial charge in [-0.3, -0.25) is 14.5 Å². The van der Waals surface area contributed by atoms with Crippen molar-refractivity contribution in [3.05, 3.63) is 46.2 Å². The largest absolute Gasteiger partial charge is 0.480 e. The summed E-state index contributed by atoms with van der Waals surface area (Å²) in [6.45, 7) is 3.35. The Hall–Kier alpha value is -2.18. The number of nitrogens with one attached hydrogen (secondary N) is 2. The summed E-state index contributed by atoms with van der Waals surface area (Å²) in [6.07, 6.45) is 1.85. The van der Waals surface area contributed by atoms with Crippen LogP contribution in [0.4, 0.5) is 0 Å². The van der Waals surface area contributed by atoms with Gasteiger partial charge in [-0.2, -0.15) is 0 Å². The average molecular weight is 329 g/mol. The van der Waals surface area contributed by atoms with Crippen molar-refractivity contribution in [2.45, 2.75) is 38.4 Å². The molecule has 3 N–H and O–H groups in total. The molecule has 128 valence electrons. The van der Waals surface area contributed by atoms with Gasteiger partial charge in [-0.1, -0.05) is 25.1 Å². The molecule has 1 aromatic heterocycles. The lowest BCUT2D eigenvalue weighted by molar-refractivity contribution is -0.139. The van der Waals surface area contributed by atoms with Crippen LogP contribution < -0.4 is 10.9 Å². The number of carboxylic acid groups (broad SMARTS) is 1. The number of aliphatic carboxylic acids is 1. The monoisotopic (exact) mass is 329 g/mol. The van der Waals surface area contributed by atoms with Crippen LogP contribution >= 0.6 is 0 Å². The second-order valence-electron chi connectivity index (χ2n) is 6.37. The Balaban J connectivity index is 1.55. The van der Waals surface area contributed by atoms with Crippen LogP contribution in [-0.2, 0) is 11.3 Å². The van der Waals surface area contributed by atoms with Gasteiger partial charge in [0.25, 0.3) is 5.56 Å². The van der Waals surface area contributed by atoms with Crippen LogP contribution in [-0.4, -0.2) is 46.1 Å². The van der Waals surface area contributed by atoms with E-state index in [9.17, 15) is 9.59 Å². The van der Waals surface area contributed by atoms with Crippen molar-refractivity contribution < 1.29 is 9.90 Å². The molecule has 1 aromatic carbocycles. The third-order valence-electron chi connectivity index (χ3n) is 4.79. The highest BCUT2D eigenvalue weighted by molar-refractivity contribution is 5.78. The Bertz CT molecular complexity index is 780. The van der Waals surface area contributed by atoms with Gasteiger partial charge in [-0.15, -0.1) is 0 Å². The van der Waals surface area contributed by atoms with E-state index in [2.05, 4.69) is 10.3 Å². The molecule has 24 heavy (non-hydrogen) atoms. The highest BCUT2D eigenvalue weighted by Crippen LogP contribution is 2.25. The first-order valence-electron chi connectivity index (χ1n) is 8.37. The predicted octanol–water partition coefficient (Wildman–Crippen LogP) is 1.56. The summed E-state index contributed by atoms with van der Waals surface area (Å²) in [5, 5.41) is 13.4. The molecule has 0 spiro atoms. The lowest BCUT2D eigenvalue weighted by Gasteiger charge is -2.42. The maximum atomic E-state index is 12.1. The predicted molar refractivity (Wildman–Crippen MR) is 93.1 cm³/mol. The second kappa shape index (κ2) is 7.15. The van der Waals surface area contributed by atoms with Crippen molar-refractivity contribution >= 4 is 16.9 Å². The van der Waals surface area contributed by atoms with E-state index in [-0.39, 0.29) is 12.1 Å². The maximum absolute atomic E-state index is 12.1. The number of nitrogens with zero attached hydrogens (tertiary/aromatic N) is 1. The van der Waals surface area contributed by atoms with Gasteiger partial charge in [-0.25, -0.2) is 0 Å². The zero-order chi connectivity index (χ0) is 17.1. The Kier molecular flexibility index (Phi) is 4.97. The first-order chi connectivity index (χ1) is 11.6. The molecule has 0 amide bonds. The quantitative estimate of drug-likeness (QED) is 0.718. The molecule has 0 saturated heterocycles. The minimum absolute atomic E-state index is 0.0573. The van der Waals surface area contributed by atoms with E-state index in [0.717, 1.165) is 35.9 Å². The smallest absolute Gasteiger partial charge is 0.317 e. The average Bonchev–Trinajstić information content (AvgIpc) is 2.52. The lowest BCUT2D eigenvalue weighted by atomic mass is 9.85. The molecule has 1 aliphatic carbocycles. The van der Waals surface area contributed by atoms with Gasteiger partial charge in [0.15, 0.2) is 0 Å². The number of likely N-dealkylation sites (N-methyl/N-ethyl adjacent to an activating group) is 1. The minimum atomic E-state index is -0.782. The molecule has 0 aliphatic heterocycles. The van der Waals surface area contributed by atoms with Crippen LogP contribution in [0, 0.1) is 0 Å². The second-order valence-corrected chi connectivity index (χ2v) is 6.37. The third kappa shape index (κ3) is 3.66. The van der Waals surface area contributed by atoms with Gasteiger partial charge in [0, 0.05) is 29.7 Å². The van der Waals surface area contributed by atoms with E-state index in [0.29, 0.717) is 18.6 Å². The van der Waals surface area contributed by atoms with Crippen molar-refractivity contribution in [2.75, 3.05) is 13.1 Å². The summed E-state index contributed by atoms with van der Waals surface area (Å²) in [7, 11) is 0. The molecule has 6 heteroatoms. The van der Waals surface area contributed by atoms with Gasteiger partial charge >= 0.3 is 5.97 Å². The van der Waals surface area contributed by atoms with E-state index in [1.54, 1.807) is 0 Å². The zero-order valence-corrected chi connectivity index (χ0v) is 13.8. The van der Waals surface area contributed by atoms with Crippen LogP contribution in [0.5, 0.6) is 0 Å². The highest BCUT2D eigenvalue weighted by Gasteiger charge is 2.33. The van der Waals surface area contributed by atoms with Gasteiger partial charge in [0.1, 0.15) is 0 Å². The Morgan fingerprint density at radius 2 is 2.12 bits per heavy atom. The molecule has 0 atom stereocenters. The Morgan fingerprint density at radius 1 is 1.38 bits per heavy atom. The van der Waals surface area contributed by atoms with Gasteiger partial charge in [0.05, 0.1) is 6.54 Å². The van der Waals surface area contributed by atoms with Crippen molar-refractivity contribution in [1.82, 2.24) is 15.2 Å². The fourth-order valence-electron chi connectivity index (χ4n) is 3.30. The van der Waals surface area contributed by atoms with Crippen LogP contribution in [0.3, 0.4) is 0 Å². The summed E-state index contributed by atoms with van der Waals surface area (Å²) >= 11 is 0. The van der Waals surface area contributed by atoms with Crippen LogP contribution in [0.25, 0.3) is 10.9 Å². The minimum Gasteiger partial charge on any atom is -0.480 e. The van der Waals surface area contributed by atoms with Gasteiger partial charge in [0.2, 0.25) is 0 Å². The number of aromatic nitrogens is 1. The van der Waals surface area contributed by atoms with Crippen molar-refractivity contribution in [3.8, 4) is 0 Å². The van der Waals surface area contributed by atoms with Crippen LogP contribution in [0.15, 0.2) is 35.1 Å². The maximum Gasteiger partial charge on any atom is 0.317 e. The number of carboxylic acids is 1. The van der Waals surface area contributed by atoms with Gasteiger partial charge < -0.3 is 15.4 Å². The normalized spacial score (nSPS) is 20.2. The third-order valence-corrected chi connectivity index (χ3v) is 4.79. The number of para-hydroxylation sites is 1. The SMILES string of the molecule is CCN(CC(=O)O)C1CC(NCc2cc3ccccc3[nH]c2=O)C1. The number of benzene rings is 1. The number of rotatable bonds is 7. The zero-order valence-electron chi connectivity index (χ0n) is 13.8. The topological polar surface area (TPSA) is 85.4 Å². The molecule has 0 unspecified atom stereocenters. The fraction of sp³-hybridized carbons (Fsp3) is 0.444. The molecule has 2 aromatic rings. The number of pyridine rings is 1. The fourth-order valence-corrected chi connectivity index (χ4v) is 3.30.